The number of hydrogen-bond donors (Lipinski definition) is 2. The number of rotatable bonds is 7. The van der Waals surface area contributed by atoms with E-state index in [2.05, 4.69) is 27.6 Å². The van der Waals surface area contributed by atoms with Crippen LogP contribution < -0.4 is 15.5 Å². The highest BCUT2D eigenvalue weighted by atomic mass is 16.5. The van der Waals surface area contributed by atoms with E-state index in [1.54, 1.807) is 11.7 Å². The highest BCUT2D eigenvalue weighted by molar-refractivity contribution is 5.88. The number of fused-ring (bicyclic) bond motifs is 1. The first-order chi connectivity index (χ1) is 17.1. The van der Waals surface area contributed by atoms with Crippen molar-refractivity contribution in [3.8, 4) is 17.1 Å². The highest BCUT2D eigenvalue weighted by Gasteiger charge is 2.27. The molecule has 0 saturated carbocycles. The number of aryl methyl sites for hydroxylation is 1. The summed E-state index contributed by atoms with van der Waals surface area (Å²) in [5, 5.41) is 10.3. The molecule has 0 unspecified atom stereocenters. The van der Waals surface area contributed by atoms with E-state index in [1.807, 2.05) is 54.2 Å². The highest BCUT2D eigenvalue weighted by Crippen LogP contribution is 2.30. The third-order valence-electron chi connectivity index (χ3n) is 6.10. The van der Waals surface area contributed by atoms with E-state index in [1.165, 1.54) is 0 Å². The zero-order chi connectivity index (χ0) is 24.4. The molecule has 11 heteroatoms. The van der Waals surface area contributed by atoms with Crippen LogP contribution in [-0.2, 0) is 16.1 Å². The number of morpholine rings is 1. The van der Waals surface area contributed by atoms with Crippen LogP contribution in [0.25, 0.3) is 28.2 Å². The Labute approximate surface area is 203 Å². The van der Waals surface area contributed by atoms with Gasteiger partial charge in [-0.25, -0.2) is 9.67 Å². The van der Waals surface area contributed by atoms with Crippen molar-refractivity contribution < 1.29 is 9.53 Å². The fourth-order valence-corrected chi connectivity index (χ4v) is 4.21. The van der Waals surface area contributed by atoms with Gasteiger partial charge in [-0.05, 0) is 19.4 Å². The van der Waals surface area contributed by atoms with Crippen molar-refractivity contribution in [1.29, 1.82) is 0 Å². The molecule has 1 amide bonds. The molecule has 1 atom stereocenters. The van der Waals surface area contributed by atoms with Gasteiger partial charge in [-0.1, -0.05) is 30.3 Å². The van der Waals surface area contributed by atoms with Crippen LogP contribution in [0.4, 0.5) is 11.8 Å². The molecule has 35 heavy (non-hydrogen) atoms. The van der Waals surface area contributed by atoms with Crippen LogP contribution in [0, 0.1) is 0 Å². The SMILES string of the molecule is CCn1c(NCC(=O)NC)nc2c(N3CCOC[C@H]3C)nc(-n3cc(-c4ccccc4)cn3)nc21. The molecule has 182 valence electrons. The summed E-state index contributed by atoms with van der Waals surface area (Å²) >= 11 is 0. The van der Waals surface area contributed by atoms with E-state index < -0.39 is 0 Å². The molecule has 11 nitrogen and oxygen atoms in total. The summed E-state index contributed by atoms with van der Waals surface area (Å²) in [5.41, 5.74) is 3.41. The van der Waals surface area contributed by atoms with Crippen molar-refractivity contribution in [3.05, 3.63) is 42.7 Å². The van der Waals surface area contributed by atoms with E-state index >= 15 is 0 Å². The molecule has 1 saturated heterocycles. The van der Waals surface area contributed by atoms with Crippen molar-refractivity contribution in [1.82, 2.24) is 34.6 Å². The lowest BCUT2D eigenvalue weighted by molar-refractivity contribution is -0.118. The Morgan fingerprint density at radius 1 is 1.17 bits per heavy atom. The number of amides is 1. The number of likely N-dealkylation sites (N-methyl/N-ethyl adjacent to an activating group) is 1. The molecular weight excluding hydrogens is 446 g/mol. The number of benzene rings is 1. The van der Waals surface area contributed by atoms with Crippen LogP contribution >= 0.6 is 0 Å². The molecule has 0 aliphatic carbocycles. The van der Waals surface area contributed by atoms with Gasteiger partial charge in [0, 0.05) is 31.9 Å². The predicted octanol–water partition coefficient (Wildman–Crippen LogP) is 2.08. The van der Waals surface area contributed by atoms with Gasteiger partial charge in [-0.2, -0.15) is 15.1 Å². The molecule has 2 N–H and O–H groups in total. The van der Waals surface area contributed by atoms with Gasteiger partial charge in [0.15, 0.2) is 17.0 Å². The Bertz CT molecular complexity index is 1330. The predicted molar refractivity (Wildman–Crippen MR) is 134 cm³/mol. The Balaban J connectivity index is 1.63. The number of hydrogen-bond acceptors (Lipinski definition) is 8. The quantitative estimate of drug-likeness (QED) is 0.418. The Kier molecular flexibility index (Phi) is 6.32. The molecule has 1 aliphatic rings. The minimum atomic E-state index is -0.126. The number of nitrogens with one attached hydrogen (secondary N) is 2. The van der Waals surface area contributed by atoms with Crippen molar-refractivity contribution >= 4 is 28.8 Å². The first kappa shape index (κ1) is 22.8. The average molecular weight is 476 g/mol. The molecule has 0 radical (unpaired) electrons. The second-order valence-electron chi connectivity index (χ2n) is 8.38. The van der Waals surface area contributed by atoms with Gasteiger partial charge in [0.05, 0.1) is 32.0 Å². The maximum Gasteiger partial charge on any atom is 0.254 e. The van der Waals surface area contributed by atoms with Crippen LogP contribution in [0.1, 0.15) is 13.8 Å². The van der Waals surface area contributed by atoms with Crippen LogP contribution in [0.15, 0.2) is 42.7 Å². The number of ether oxygens (including phenoxy) is 1. The topological polar surface area (TPSA) is 115 Å². The summed E-state index contributed by atoms with van der Waals surface area (Å²) in [6.45, 7) is 6.78. The zero-order valence-electron chi connectivity index (χ0n) is 20.1. The first-order valence-electron chi connectivity index (χ1n) is 11.8. The normalized spacial score (nSPS) is 16.0. The summed E-state index contributed by atoms with van der Waals surface area (Å²) in [5.74, 6) is 1.64. The molecule has 1 fully saturated rings. The molecule has 1 aliphatic heterocycles. The van der Waals surface area contributed by atoms with Gasteiger partial charge < -0.3 is 20.3 Å². The number of carbonyl (C=O) groups excluding carboxylic acids is 1. The van der Waals surface area contributed by atoms with Gasteiger partial charge in [0.25, 0.3) is 5.95 Å². The smallest absolute Gasteiger partial charge is 0.254 e. The third kappa shape index (κ3) is 4.42. The summed E-state index contributed by atoms with van der Waals surface area (Å²) in [6, 6.07) is 10.2. The van der Waals surface area contributed by atoms with Crippen LogP contribution in [-0.4, -0.2) is 74.6 Å². The number of nitrogens with zero attached hydrogens (tertiary/aromatic N) is 7. The van der Waals surface area contributed by atoms with E-state index in [-0.39, 0.29) is 18.5 Å². The molecule has 0 spiro atoms. The van der Waals surface area contributed by atoms with Gasteiger partial charge in [0.2, 0.25) is 11.9 Å². The number of anilines is 2. The van der Waals surface area contributed by atoms with E-state index in [0.717, 1.165) is 16.9 Å². The second-order valence-corrected chi connectivity index (χ2v) is 8.38. The van der Waals surface area contributed by atoms with Gasteiger partial charge in [-0.3, -0.25) is 9.36 Å². The summed E-state index contributed by atoms with van der Waals surface area (Å²) in [4.78, 5) is 28.7. The standard InChI is InChI=1S/C24H29N9O2/c1-4-31-21-20(28-23(31)26-13-19(34)25-3)22(32-10-11-35-15-16(32)2)30-24(29-21)33-14-18(12-27-33)17-8-6-5-7-9-17/h5-9,12,14,16H,4,10-11,13,15H2,1-3H3,(H,25,34)(H,26,28)/t16-/m1/s1. The monoisotopic (exact) mass is 475 g/mol. The lowest BCUT2D eigenvalue weighted by Gasteiger charge is -2.34. The largest absolute Gasteiger partial charge is 0.377 e. The molecule has 3 aromatic heterocycles. The molecule has 5 rings (SSSR count). The van der Waals surface area contributed by atoms with Gasteiger partial charge >= 0.3 is 0 Å². The average Bonchev–Trinajstić information content (AvgIpc) is 3.52. The number of imidazole rings is 1. The number of aromatic nitrogens is 6. The second kappa shape index (κ2) is 9.71. The van der Waals surface area contributed by atoms with Crippen molar-refractivity contribution in [2.24, 2.45) is 0 Å². The first-order valence-corrected chi connectivity index (χ1v) is 11.8. The summed E-state index contributed by atoms with van der Waals surface area (Å²) < 4.78 is 9.31. The molecular formula is C24H29N9O2. The Morgan fingerprint density at radius 2 is 2.00 bits per heavy atom. The van der Waals surface area contributed by atoms with Crippen molar-refractivity contribution in [2.45, 2.75) is 26.4 Å². The molecule has 4 aromatic rings. The minimum absolute atomic E-state index is 0.114. The maximum atomic E-state index is 11.8. The van der Waals surface area contributed by atoms with Crippen LogP contribution in [0.3, 0.4) is 0 Å². The summed E-state index contributed by atoms with van der Waals surface area (Å²) in [6.07, 6.45) is 3.74. The van der Waals surface area contributed by atoms with Crippen molar-refractivity contribution in [3.63, 3.8) is 0 Å². The summed E-state index contributed by atoms with van der Waals surface area (Å²) in [7, 11) is 1.61. The molecule has 1 aromatic carbocycles. The lowest BCUT2D eigenvalue weighted by atomic mass is 10.1. The van der Waals surface area contributed by atoms with E-state index in [4.69, 9.17) is 19.7 Å². The maximum absolute atomic E-state index is 11.8. The number of carbonyl (C=O) groups is 1. The third-order valence-corrected chi connectivity index (χ3v) is 6.10. The Hall–Kier alpha value is -3.99. The van der Waals surface area contributed by atoms with Crippen LogP contribution in [0.2, 0.25) is 0 Å². The molecule has 0 bridgehead atoms. The fraction of sp³-hybridized carbons (Fsp3) is 0.375. The van der Waals surface area contributed by atoms with E-state index in [0.29, 0.717) is 49.4 Å². The minimum Gasteiger partial charge on any atom is -0.377 e. The fourth-order valence-electron chi connectivity index (χ4n) is 4.21. The van der Waals surface area contributed by atoms with Gasteiger partial charge in [-0.15, -0.1) is 0 Å². The van der Waals surface area contributed by atoms with Gasteiger partial charge in [0.1, 0.15) is 0 Å². The molecule has 4 heterocycles. The van der Waals surface area contributed by atoms with E-state index in [9.17, 15) is 4.79 Å². The van der Waals surface area contributed by atoms with Crippen molar-refractivity contribution in [2.75, 3.05) is 43.6 Å². The van der Waals surface area contributed by atoms with Crippen LogP contribution in [0.5, 0.6) is 0 Å². The Morgan fingerprint density at radius 3 is 2.74 bits per heavy atom. The lowest BCUT2D eigenvalue weighted by Crippen LogP contribution is -2.44. The zero-order valence-corrected chi connectivity index (χ0v) is 20.1.